The lowest BCUT2D eigenvalue weighted by atomic mass is 10.1. The van der Waals surface area contributed by atoms with Gasteiger partial charge in [-0.05, 0) is 24.3 Å². The first-order chi connectivity index (χ1) is 13.2. The number of aliphatic imine (C=N–C) groups is 1. The van der Waals surface area contributed by atoms with Crippen LogP contribution in [0.5, 0.6) is 17.2 Å². The number of hydrogen-bond donors (Lipinski definition) is 0. The molecule has 1 atom stereocenters. The zero-order valence-electron chi connectivity index (χ0n) is 15.4. The smallest absolute Gasteiger partial charge is 0.218 e. The monoisotopic (exact) mass is 364 g/mol. The summed E-state index contributed by atoms with van der Waals surface area (Å²) in [6, 6.07) is 13.8. The summed E-state index contributed by atoms with van der Waals surface area (Å²) in [5, 5.41) is 1.05. The molecule has 0 spiro atoms. The average molecular weight is 364 g/mol. The van der Waals surface area contributed by atoms with E-state index < -0.39 is 0 Å². The normalized spacial score (nSPS) is 16.0. The second kappa shape index (κ2) is 7.15. The summed E-state index contributed by atoms with van der Waals surface area (Å²) in [5.41, 5.74) is 2.72. The van der Waals surface area contributed by atoms with Gasteiger partial charge in [0.25, 0.3) is 0 Å². The predicted octanol–water partition coefficient (Wildman–Crippen LogP) is 3.78. The van der Waals surface area contributed by atoms with Crippen LogP contribution in [0.15, 0.2) is 53.7 Å². The van der Waals surface area contributed by atoms with Gasteiger partial charge in [-0.15, -0.1) is 0 Å². The zero-order valence-corrected chi connectivity index (χ0v) is 15.4. The standard InChI is InChI=1S/C21H20N2O4/c1-24-17-9-14(10-18(25-2)20(17)26-3)19-12-23-21(27-19)15-8-13-6-4-5-7-16(13)22-11-15/h4-11,19H,12H2,1-3H3. The minimum atomic E-state index is -0.222. The summed E-state index contributed by atoms with van der Waals surface area (Å²) in [4.78, 5) is 9.05. The SMILES string of the molecule is COc1cc(C2CN=C(c3cnc4ccccc4c3)O2)cc(OC)c1OC. The van der Waals surface area contributed by atoms with E-state index in [0.717, 1.165) is 22.0 Å². The third-order valence-electron chi connectivity index (χ3n) is 4.55. The van der Waals surface area contributed by atoms with Gasteiger partial charge >= 0.3 is 0 Å². The quantitative estimate of drug-likeness (QED) is 0.689. The molecule has 138 valence electrons. The van der Waals surface area contributed by atoms with E-state index in [1.54, 1.807) is 27.5 Å². The van der Waals surface area contributed by atoms with Crippen molar-refractivity contribution in [2.45, 2.75) is 6.10 Å². The topological polar surface area (TPSA) is 62.2 Å². The molecule has 1 aromatic heterocycles. The van der Waals surface area contributed by atoms with Crippen molar-refractivity contribution >= 4 is 16.8 Å². The van der Waals surface area contributed by atoms with Crippen molar-refractivity contribution in [3.05, 3.63) is 59.8 Å². The van der Waals surface area contributed by atoms with Crippen LogP contribution in [0.3, 0.4) is 0 Å². The van der Waals surface area contributed by atoms with Crippen molar-refractivity contribution in [2.75, 3.05) is 27.9 Å². The lowest BCUT2D eigenvalue weighted by Crippen LogP contribution is -2.08. The lowest BCUT2D eigenvalue weighted by Gasteiger charge is -2.17. The van der Waals surface area contributed by atoms with Crippen molar-refractivity contribution in [3.63, 3.8) is 0 Å². The number of benzene rings is 2. The van der Waals surface area contributed by atoms with Crippen LogP contribution in [0.1, 0.15) is 17.2 Å². The molecule has 1 aliphatic rings. The lowest BCUT2D eigenvalue weighted by molar-refractivity contribution is 0.228. The molecule has 2 heterocycles. The minimum Gasteiger partial charge on any atom is -0.493 e. The molecule has 4 rings (SSSR count). The molecule has 2 aromatic carbocycles. The Morgan fingerprint density at radius 1 is 0.963 bits per heavy atom. The van der Waals surface area contributed by atoms with Gasteiger partial charge in [0, 0.05) is 17.1 Å². The van der Waals surface area contributed by atoms with E-state index >= 15 is 0 Å². The molecule has 0 radical (unpaired) electrons. The fraction of sp³-hybridized carbons (Fsp3) is 0.238. The molecule has 1 aliphatic heterocycles. The molecule has 27 heavy (non-hydrogen) atoms. The molecule has 6 heteroatoms. The maximum atomic E-state index is 6.11. The Kier molecular flexibility index (Phi) is 4.54. The fourth-order valence-corrected chi connectivity index (χ4v) is 3.18. The highest BCUT2D eigenvalue weighted by atomic mass is 16.5. The molecule has 6 nitrogen and oxygen atoms in total. The summed E-state index contributed by atoms with van der Waals surface area (Å²) in [5.74, 6) is 2.33. The molecular formula is C21H20N2O4. The van der Waals surface area contributed by atoms with Crippen LogP contribution >= 0.6 is 0 Å². The molecule has 3 aromatic rings. The van der Waals surface area contributed by atoms with E-state index in [2.05, 4.69) is 9.98 Å². The van der Waals surface area contributed by atoms with E-state index in [1.165, 1.54) is 0 Å². The molecule has 0 saturated heterocycles. The van der Waals surface area contributed by atoms with Crippen molar-refractivity contribution in [1.82, 2.24) is 4.98 Å². The Morgan fingerprint density at radius 3 is 2.41 bits per heavy atom. The summed E-state index contributed by atoms with van der Waals surface area (Å²) in [7, 11) is 4.78. The molecule has 0 aliphatic carbocycles. The number of rotatable bonds is 5. The number of ether oxygens (including phenoxy) is 4. The highest BCUT2D eigenvalue weighted by Gasteiger charge is 2.26. The van der Waals surface area contributed by atoms with Crippen LogP contribution in [-0.2, 0) is 4.74 Å². The summed E-state index contributed by atoms with van der Waals surface area (Å²) >= 11 is 0. The van der Waals surface area contributed by atoms with Gasteiger partial charge in [0.05, 0.1) is 39.0 Å². The largest absolute Gasteiger partial charge is 0.493 e. The number of methoxy groups -OCH3 is 3. The van der Waals surface area contributed by atoms with Crippen molar-refractivity contribution in [3.8, 4) is 17.2 Å². The van der Waals surface area contributed by atoms with Crippen molar-refractivity contribution < 1.29 is 18.9 Å². The highest BCUT2D eigenvalue weighted by Crippen LogP contribution is 2.41. The fourth-order valence-electron chi connectivity index (χ4n) is 3.18. The Morgan fingerprint density at radius 2 is 1.70 bits per heavy atom. The zero-order chi connectivity index (χ0) is 18.8. The third-order valence-corrected chi connectivity index (χ3v) is 4.55. The van der Waals surface area contributed by atoms with E-state index in [4.69, 9.17) is 18.9 Å². The van der Waals surface area contributed by atoms with E-state index in [0.29, 0.717) is 29.7 Å². The molecule has 0 amide bonds. The van der Waals surface area contributed by atoms with Gasteiger partial charge < -0.3 is 18.9 Å². The Bertz CT molecular complexity index is 991. The highest BCUT2D eigenvalue weighted by molar-refractivity contribution is 5.98. The molecule has 0 fully saturated rings. The van der Waals surface area contributed by atoms with Crippen LogP contribution in [-0.4, -0.2) is 38.8 Å². The van der Waals surface area contributed by atoms with Gasteiger partial charge in [-0.3, -0.25) is 4.98 Å². The van der Waals surface area contributed by atoms with Crippen LogP contribution in [0.25, 0.3) is 10.9 Å². The summed E-state index contributed by atoms with van der Waals surface area (Å²) in [6.07, 6.45) is 1.57. The van der Waals surface area contributed by atoms with Crippen molar-refractivity contribution in [2.24, 2.45) is 4.99 Å². The number of nitrogens with zero attached hydrogens (tertiary/aromatic N) is 2. The molecule has 0 bridgehead atoms. The van der Waals surface area contributed by atoms with E-state index in [1.807, 2.05) is 42.5 Å². The number of para-hydroxylation sites is 1. The maximum Gasteiger partial charge on any atom is 0.218 e. The van der Waals surface area contributed by atoms with Crippen LogP contribution in [0.4, 0.5) is 0 Å². The average Bonchev–Trinajstić information content (AvgIpc) is 3.22. The number of aromatic nitrogens is 1. The number of hydrogen-bond acceptors (Lipinski definition) is 6. The maximum absolute atomic E-state index is 6.11. The van der Waals surface area contributed by atoms with Crippen LogP contribution in [0.2, 0.25) is 0 Å². The second-order valence-electron chi connectivity index (χ2n) is 6.13. The van der Waals surface area contributed by atoms with Crippen molar-refractivity contribution in [1.29, 1.82) is 0 Å². The van der Waals surface area contributed by atoms with E-state index in [9.17, 15) is 0 Å². The first-order valence-electron chi connectivity index (χ1n) is 8.59. The first-order valence-corrected chi connectivity index (χ1v) is 8.59. The number of pyridine rings is 1. The van der Waals surface area contributed by atoms with Gasteiger partial charge in [0.2, 0.25) is 11.6 Å². The molecule has 0 saturated carbocycles. The second-order valence-corrected chi connectivity index (χ2v) is 6.13. The predicted molar refractivity (Wildman–Crippen MR) is 103 cm³/mol. The van der Waals surface area contributed by atoms with Gasteiger partial charge in [0.15, 0.2) is 11.5 Å². The van der Waals surface area contributed by atoms with Crippen LogP contribution < -0.4 is 14.2 Å². The van der Waals surface area contributed by atoms with Gasteiger partial charge in [-0.25, -0.2) is 4.99 Å². The Balaban J connectivity index is 1.61. The van der Waals surface area contributed by atoms with Gasteiger partial charge in [-0.1, -0.05) is 18.2 Å². The minimum absolute atomic E-state index is 0.222. The van der Waals surface area contributed by atoms with Crippen LogP contribution in [0, 0.1) is 0 Å². The Labute approximate surface area is 157 Å². The number of fused-ring (bicyclic) bond motifs is 1. The van der Waals surface area contributed by atoms with Gasteiger partial charge in [-0.2, -0.15) is 0 Å². The van der Waals surface area contributed by atoms with Gasteiger partial charge in [0.1, 0.15) is 6.10 Å². The first kappa shape index (κ1) is 17.1. The van der Waals surface area contributed by atoms with E-state index in [-0.39, 0.29) is 6.10 Å². The molecule has 0 N–H and O–H groups in total. The third kappa shape index (κ3) is 3.14. The molecular weight excluding hydrogens is 344 g/mol. The molecule has 1 unspecified atom stereocenters. The Hall–Kier alpha value is -3.28. The summed E-state index contributed by atoms with van der Waals surface area (Å²) in [6.45, 7) is 0.515. The summed E-state index contributed by atoms with van der Waals surface area (Å²) < 4.78 is 22.4.